The lowest BCUT2D eigenvalue weighted by Gasteiger charge is -2.21. The van der Waals surface area contributed by atoms with Crippen molar-refractivity contribution >= 4 is 25.7 Å². The van der Waals surface area contributed by atoms with Gasteiger partial charge in [-0.15, -0.1) is 0 Å². The van der Waals surface area contributed by atoms with Gasteiger partial charge in [0.25, 0.3) is 0 Å². The van der Waals surface area contributed by atoms with E-state index >= 15 is 0 Å². The molecule has 1 rings (SSSR count). The van der Waals surface area contributed by atoms with Crippen LogP contribution in [0.5, 0.6) is 0 Å². The van der Waals surface area contributed by atoms with Crippen LogP contribution < -0.4 is 0 Å². The minimum absolute atomic E-state index is 0.770. The molecule has 1 aromatic carbocycles. The fraction of sp³-hybridized carbons (Fsp3) is 0.273. The third kappa shape index (κ3) is 3.56. The fourth-order valence-electron chi connectivity index (χ4n) is 1.08. The number of benzene rings is 1. The lowest BCUT2D eigenvalue weighted by molar-refractivity contribution is 0.515. The average molecular weight is 227 g/mol. The van der Waals surface area contributed by atoms with E-state index in [-0.39, 0.29) is 0 Å². The zero-order valence-corrected chi connectivity index (χ0v) is 10.5. The highest BCUT2D eigenvalue weighted by molar-refractivity contribution is 6.70. The Balaban J connectivity index is 2.85. The maximum absolute atomic E-state index is 5.84. The van der Waals surface area contributed by atoms with Gasteiger partial charge in [0.1, 0.15) is 5.76 Å². The van der Waals surface area contributed by atoms with Crippen LogP contribution in [-0.4, -0.2) is 8.32 Å². The van der Waals surface area contributed by atoms with E-state index in [4.69, 9.17) is 16.0 Å². The molecule has 0 aromatic heterocycles. The number of hydrogen-bond donors (Lipinski definition) is 0. The fourth-order valence-corrected chi connectivity index (χ4v) is 2.16. The van der Waals surface area contributed by atoms with Gasteiger partial charge in [-0.05, 0) is 19.6 Å². The van der Waals surface area contributed by atoms with Crippen LogP contribution in [0.3, 0.4) is 0 Å². The number of halogens is 1. The lowest BCUT2D eigenvalue weighted by Crippen LogP contribution is -2.24. The quantitative estimate of drug-likeness (QED) is 0.558. The molecule has 14 heavy (non-hydrogen) atoms. The van der Waals surface area contributed by atoms with Gasteiger partial charge in [-0.25, -0.2) is 0 Å². The minimum atomic E-state index is -1.58. The molecule has 0 unspecified atom stereocenters. The Morgan fingerprint density at radius 2 is 1.79 bits per heavy atom. The Labute approximate surface area is 91.5 Å². The van der Waals surface area contributed by atoms with E-state index in [1.807, 2.05) is 30.3 Å². The van der Waals surface area contributed by atoms with Crippen LogP contribution in [0.25, 0.3) is 5.76 Å². The first-order valence-corrected chi connectivity index (χ1v) is 8.42. The summed E-state index contributed by atoms with van der Waals surface area (Å²) in [5, 5.41) is 0. The highest BCUT2D eigenvalue weighted by atomic mass is 35.5. The molecular formula is C11H15ClOSi. The molecule has 3 heteroatoms. The van der Waals surface area contributed by atoms with Crippen LogP contribution >= 0.6 is 11.6 Å². The van der Waals surface area contributed by atoms with E-state index in [1.54, 1.807) is 0 Å². The molecule has 1 nitrogen and oxygen atoms in total. The average Bonchev–Trinajstić information content (AvgIpc) is 2.14. The van der Waals surface area contributed by atoms with Crippen molar-refractivity contribution in [3.63, 3.8) is 0 Å². The molecule has 0 aliphatic rings. The zero-order valence-electron chi connectivity index (χ0n) is 8.75. The first-order valence-electron chi connectivity index (χ1n) is 4.58. The molecule has 76 valence electrons. The first-order chi connectivity index (χ1) is 6.53. The van der Waals surface area contributed by atoms with Crippen LogP contribution in [0.15, 0.2) is 35.9 Å². The zero-order chi connectivity index (χ0) is 10.6. The summed E-state index contributed by atoms with van der Waals surface area (Å²) in [4.78, 5) is 0. The van der Waals surface area contributed by atoms with Gasteiger partial charge in [0.15, 0.2) is 0 Å². The highest BCUT2D eigenvalue weighted by Crippen LogP contribution is 2.21. The van der Waals surface area contributed by atoms with Crippen molar-refractivity contribution in [1.82, 2.24) is 0 Å². The van der Waals surface area contributed by atoms with E-state index < -0.39 is 8.32 Å². The summed E-state index contributed by atoms with van der Waals surface area (Å²) in [5.41, 5.74) is 2.54. The normalized spacial score (nSPS) is 12.7. The molecule has 0 radical (unpaired) electrons. The Bertz CT molecular complexity index is 314. The lowest BCUT2D eigenvalue weighted by atomic mass is 10.2. The SMILES string of the molecule is C[Si](C)(C)OC(=CCl)c1ccccc1. The monoisotopic (exact) mass is 226 g/mol. The molecule has 0 aliphatic carbocycles. The van der Waals surface area contributed by atoms with E-state index in [0.717, 1.165) is 11.3 Å². The smallest absolute Gasteiger partial charge is 0.242 e. The van der Waals surface area contributed by atoms with Crippen molar-refractivity contribution < 1.29 is 4.43 Å². The van der Waals surface area contributed by atoms with Crippen molar-refractivity contribution in [2.24, 2.45) is 0 Å². The van der Waals surface area contributed by atoms with Crippen LogP contribution in [-0.2, 0) is 4.43 Å². The third-order valence-corrected chi connectivity index (χ3v) is 2.60. The summed E-state index contributed by atoms with van der Waals surface area (Å²) in [5.74, 6) is 0.770. The van der Waals surface area contributed by atoms with Gasteiger partial charge in [0.2, 0.25) is 8.32 Å². The second kappa shape index (κ2) is 4.67. The summed E-state index contributed by atoms with van der Waals surface area (Å²) >= 11 is 5.74. The second-order valence-electron chi connectivity index (χ2n) is 4.05. The van der Waals surface area contributed by atoms with Gasteiger partial charge in [-0.3, -0.25) is 0 Å². The van der Waals surface area contributed by atoms with Gasteiger partial charge < -0.3 is 4.43 Å². The van der Waals surface area contributed by atoms with Crippen molar-refractivity contribution in [1.29, 1.82) is 0 Å². The Morgan fingerprint density at radius 1 is 1.21 bits per heavy atom. The van der Waals surface area contributed by atoms with E-state index in [1.165, 1.54) is 5.54 Å². The standard InChI is InChI=1S/C11H15ClOSi/c1-14(2,3)13-11(9-12)10-7-5-4-6-8-10/h4-9H,1-3H3. The van der Waals surface area contributed by atoms with Gasteiger partial charge in [-0.1, -0.05) is 41.9 Å². The summed E-state index contributed by atoms with van der Waals surface area (Å²) in [6.07, 6.45) is 0. The van der Waals surface area contributed by atoms with Gasteiger partial charge in [0.05, 0.1) is 0 Å². The molecule has 0 amide bonds. The first kappa shape index (κ1) is 11.3. The molecular weight excluding hydrogens is 212 g/mol. The summed E-state index contributed by atoms with van der Waals surface area (Å²) in [6.45, 7) is 6.41. The van der Waals surface area contributed by atoms with Gasteiger partial charge in [-0.2, -0.15) is 0 Å². The van der Waals surface area contributed by atoms with Crippen LogP contribution in [0.1, 0.15) is 5.56 Å². The molecule has 0 heterocycles. The topological polar surface area (TPSA) is 9.23 Å². The van der Waals surface area contributed by atoms with E-state index in [0.29, 0.717) is 0 Å². The van der Waals surface area contributed by atoms with Gasteiger partial charge in [0, 0.05) is 11.1 Å². The summed E-state index contributed by atoms with van der Waals surface area (Å²) in [7, 11) is -1.58. The van der Waals surface area contributed by atoms with E-state index in [2.05, 4.69) is 19.6 Å². The predicted molar refractivity (Wildman–Crippen MR) is 64.7 cm³/mol. The maximum atomic E-state index is 5.84. The van der Waals surface area contributed by atoms with Crippen molar-refractivity contribution in [3.05, 3.63) is 41.4 Å². The maximum Gasteiger partial charge on any atom is 0.242 e. The Morgan fingerprint density at radius 3 is 2.21 bits per heavy atom. The number of rotatable bonds is 3. The predicted octanol–water partition coefficient (Wildman–Crippen LogP) is 4.08. The third-order valence-electron chi connectivity index (χ3n) is 1.57. The molecule has 0 aliphatic heterocycles. The molecule has 0 saturated heterocycles. The molecule has 0 spiro atoms. The summed E-state index contributed by atoms with van der Waals surface area (Å²) in [6, 6.07) is 9.92. The van der Waals surface area contributed by atoms with Crippen molar-refractivity contribution in [2.45, 2.75) is 19.6 Å². The molecule has 0 N–H and O–H groups in total. The molecule has 0 fully saturated rings. The van der Waals surface area contributed by atoms with Crippen LogP contribution in [0, 0.1) is 0 Å². The molecule has 0 bridgehead atoms. The molecule has 0 atom stereocenters. The van der Waals surface area contributed by atoms with E-state index in [9.17, 15) is 0 Å². The molecule has 0 saturated carbocycles. The highest BCUT2D eigenvalue weighted by Gasteiger charge is 2.18. The minimum Gasteiger partial charge on any atom is -0.543 e. The van der Waals surface area contributed by atoms with Crippen LogP contribution in [0.2, 0.25) is 19.6 Å². The van der Waals surface area contributed by atoms with Crippen molar-refractivity contribution in [3.8, 4) is 0 Å². The van der Waals surface area contributed by atoms with Gasteiger partial charge >= 0.3 is 0 Å². The Kier molecular flexibility index (Phi) is 3.78. The summed E-state index contributed by atoms with van der Waals surface area (Å²) < 4.78 is 5.84. The second-order valence-corrected chi connectivity index (χ2v) is 8.70. The largest absolute Gasteiger partial charge is 0.543 e. The number of hydrogen-bond acceptors (Lipinski definition) is 1. The molecule has 1 aromatic rings. The van der Waals surface area contributed by atoms with Crippen LogP contribution in [0.4, 0.5) is 0 Å². The Hall–Kier alpha value is -0.733. The van der Waals surface area contributed by atoms with Crippen molar-refractivity contribution in [2.75, 3.05) is 0 Å².